The van der Waals surface area contributed by atoms with Crippen molar-refractivity contribution in [2.75, 3.05) is 40.5 Å². The number of hydrogen-bond donors (Lipinski definition) is 6. The largest absolute Gasteiger partial charge is 0.748 e. The molecule has 4 aromatic carbocycles. The van der Waals surface area contributed by atoms with E-state index in [-0.39, 0.29) is 54.2 Å². The van der Waals surface area contributed by atoms with Crippen LogP contribution >= 0.6 is 0 Å². The van der Waals surface area contributed by atoms with Gasteiger partial charge in [0.05, 0.1) is 39.7 Å². The van der Waals surface area contributed by atoms with Crippen molar-refractivity contribution in [3.8, 4) is 5.75 Å². The van der Waals surface area contributed by atoms with Gasteiger partial charge >= 0.3 is 27.2 Å². The number of rotatable bonds is 23. The lowest BCUT2D eigenvalue weighted by molar-refractivity contribution is -0.438. The molecule has 4 heterocycles. The number of carbonyl (C=O) groups is 2. The highest BCUT2D eigenvalue weighted by atomic mass is 32.2. The average Bonchev–Trinajstić information content (AvgIpc) is 1.61. The number of aromatic nitrogens is 4. The van der Waals surface area contributed by atoms with Crippen LogP contribution in [0.15, 0.2) is 155 Å². The second-order valence-corrected chi connectivity index (χ2v) is 26.3. The van der Waals surface area contributed by atoms with Crippen molar-refractivity contribution < 1.29 is 75.2 Å². The van der Waals surface area contributed by atoms with E-state index in [0.29, 0.717) is 67.2 Å². The summed E-state index contributed by atoms with van der Waals surface area (Å²) in [4.78, 5) is 55.5. The van der Waals surface area contributed by atoms with Crippen LogP contribution in [0.3, 0.4) is 0 Å². The predicted molar refractivity (Wildman–Crippen MR) is 337 cm³/mol. The number of fused-ring (bicyclic) bond motifs is 3. The molecule has 0 saturated heterocycles. The van der Waals surface area contributed by atoms with E-state index in [2.05, 4.69) is 116 Å². The fraction of sp³-hybridized carbons (Fsp3) is 0.328. The number of H-pyrrole nitrogens is 1. The van der Waals surface area contributed by atoms with Crippen LogP contribution in [0.1, 0.15) is 105 Å². The maximum atomic E-state index is 13.5. The first-order valence-electron chi connectivity index (χ1n) is 28.4. The Morgan fingerprint density at radius 1 is 0.824 bits per heavy atom. The number of aromatic amines is 1. The number of amides is 1. The van der Waals surface area contributed by atoms with Gasteiger partial charge in [-0.1, -0.05) is 68.5 Å². The summed E-state index contributed by atoms with van der Waals surface area (Å²) in [5.41, 5.74) is 14.5. The second-order valence-electron chi connectivity index (χ2n) is 22.4. The monoisotopic (exact) mass is 1330 g/mol. The molecule has 1 amide bonds. The Bertz CT molecular complexity index is 4400. The Balaban J connectivity index is 0.00000139. The van der Waals surface area contributed by atoms with Gasteiger partial charge in [0.15, 0.2) is 16.9 Å². The van der Waals surface area contributed by atoms with E-state index >= 15 is 0 Å². The average molecular weight is 1330 g/mol. The molecule has 1 atom stereocenters. The summed E-state index contributed by atoms with van der Waals surface area (Å²) in [6.07, 6.45) is 13.5. The topological polar surface area (TPSA) is 405 Å². The first-order valence-corrected chi connectivity index (χ1v) is 33.6. The van der Waals surface area contributed by atoms with Gasteiger partial charge in [-0.15, -0.1) is 25.3 Å². The van der Waals surface area contributed by atoms with E-state index in [4.69, 9.17) is 35.7 Å². The lowest BCUT2D eigenvalue weighted by Crippen LogP contribution is -2.42. The molecular weight excluding hydrogens is 1260 g/mol. The van der Waals surface area contributed by atoms with Gasteiger partial charge in [0.2, 0.25) is 11.6 Å². The zero-order valence-electron chi connectivity index (χ0n) is 49.9. The highest BCUT2D eigenvalue weighted by Gasteiger charge is 2.44. The molecular formula is C61H67N9O17S4. The van der Waals surface area contributed by atoms with E-state index < -0.39 is 81.5 Å². The number of nitrogens with zero attached hydrogens (tertiary/aromatic N) is 5. The first-order chi connectivity index (χ1) is 42.9. The van der Waals surface area contributed by atoms with Gasteiger partial charge in [0, 0.05) is 70.9 Å². The molecule has 0 fully saturated rings. The van der Waals surface area contributed by atoms with Crippen LogP contribution in [0.4, 0.5) is 23.0 Å². The van der Waals surface area contributed by atoms with Crippen LogP contribution in [0.5, 0.6) is 5.75 Å². The van der Waals surface area contributed by atoms with Crippen LogP contribution in [0, 0.1) is 0 Å². The van der Waals surface area contributed by atoms with Crippen LogP contribution in [-0.2, 0) is 70.0 Å². The summed E-state index contributed by atoms with van der Waals surface area (Å²) in [5.74, 6) is -1.50. The number of benzene rings is 4. The van der Waals surface area contributed by atoms with Crippen molar-refractivity contribution in [3.63, 3.8) is 0 Å². The highest BCUT2D eigenvalue weighted by Crippen LogP contribution is 2.48. The quantitative estimate of drug-likeness (QED) is 0.0230. The number of aliphatic carboxylic acids is 1. The molecule has 0 unspecified atom stereocenters. The molecule has 2 aromatic heterocycles. The van der Waals surface area contributed by atoms with E-state index in [0.717, 1.165) is 51.5 Å². The van der Waals surface area contributed by atoms with Gasteiger partial charge in [-0.2, -0.15) is 18.0 Å². The minimum absolute atomic E-state index is 0.0292. The molecule has 0 radical (unpaired) electrons. The van der Waals surface area contributed by atoms with Crippen LogP contribution in [-0.4, -0.2) is 129 Å². The van der Waals surface area contributed by atoms with Gasteiger partial charge in [-0.25, -0.2) is 23.2 Å². The fourth-order valence-electron chi connectivity index (χ4n) is 11.1. The maximum absolute atomic E-state index is 13.5. The van der Waals surface area contributed by atoms with Crippen molar-refractivity contribution in [2.45, 2.75) is 102 Å². The summed E-state index contributed by atoms with van der Waals surface area (Å²) in [7, 11) is -14.7. The number of nitrogens with one attached hydrogen (secondary N) is 3. The number of allylic oxidation sites excluding steroid dienone is 7. The smallest absolute Gasteiger partial charge is 0.425 e. The first kappa shape index (κ1) is 69.4. The third kappa shape index (κ3) is 19.0. The number of para-hydroxylation sites is 2. The number of nitrogens with two attached hydrogens (primary N) is 1. The predicted octanol–water partition coefficient (Wildman–Crippen LogP) is 6.38. The zero-order valence-corrected chi connectivity index (χ0v) is 53.1. The van der Waals surface area contributed by atoms with E-state index in [1.807, 2.05) is 24.3 Å². The van der Waals surface area contributed by atoms with E-state index in [1.165, 1.54) is 6.20 Å². The van der Waals surface area contributed by atoms with Gasteiger partial charge in [0.25, 0.3) is 21.6 Å². The minimum atomic E-state index is -4.36. The van der Waals surface area contributed by atoms with Gasteiger partial charge in [-0.3, -0.25) is 19.1 Å². The molecule has 7 N–H and O–H groups in total. The summed E-state index contributed by atoms with van der Waals surface area (Å²) in [6.45, 7) is 9.85. The maximum Gasteiger partial charge on any atom is 0.425 e. The lowest BCUT2D eigenvalue weighted by Gasteiger charge is -2.28. The van der Waals surface area contributed by atoms with Gasteiger partial charge in [0.1, 0.15) is 24.1 Å². The Kier molecular flexibility index (Phi) is 23.0. The van der Waals surface area contributed by atoms with Crippen LogP contribution < -0.4 is 31.6 Å². The fourth-order valence-corrected chi connectivity index (χ4v) is 12.2. The Morgan fingerprint density at radius 3 is 2.13 bits per heavy atom. The minimum Gasteiger partial charge on any atom is -0.748 e. The molecule has 1 aliphatic carbocycles. The second kappa shape index (κ2) is 30.2. The number of nitrogen functional groups attached to an aromatic ring is 1. The molecule has 0 spiro atoms. The number of carboxylic acids is 1. The molecule has 482 valence electrons. The Morgan fingerprint density at radius 2 is 1.47 bits per heavy atom. The molecule has 0 saturated carbocycles. The van der Waals surface area contributed by atoms with E-state index in [1.54, 1.807) is 48.5 Å². The van der Waals surface area contributed by atoms with E-state index in [9.17, 15) is 45.4 Å². The van der Waals surface area contributed by atoms with Gasteiger partial charge < -0.3 is 35.7 Å². The summed E-state index contributed by atoms with van der Waals surface area (Å²) in [6, 6.07) is 28.5. The highest BCUT2D eigenvalue weighted by molar-refractivity contribution is 7.85. The molecule has 0 bridgehead atoms. The van der Waals surface area contributed by atoms with Crippen LogP contribution in [0.25, 0.3) is 11.2 Å². The number of unbranched alkanes of at least 4 members (excludes halogenated alkanes) is 2. The molecule has 3 aliphatic rings. The number of ether oxygens (including phenoxy) is 1. The molecule has 91 heavy (non-hydrogen) atoms. The Labute approximate surface area is 528 Å². The Hall–Kier alpha value is -9.07. The van der Waals surface area contributed by atoms with Gasteiger partial charge in [-0.05, 0) is 129 Å². The molecule has 9 rings (SSSR count). The van der Waals surface area contributed by atoms with Crippen molar-refractivity contribution in [2.24, 2.45) is 0 Å². The van der Waals surface area contributed by atoms with Crippen molar-refractivity contribution in [1.29, 1.82) is 0 Å². The van der Waals surface area contributed by atoms with Crippen molar-refractivity contribution in [1.82, 2.24) is 25.3 Å². The lowest BCUT2D eigenvalue weighted by atomic mass is 9.81. The number of anilines is 3. The SMILES string of the molecule is CC1(C)C(=CC=C2CCCC(C=CC3=[N+](CCCCS(=O)(=O)O)c4ccccc4C3(C)C)=C2Oc2ccc(C[C@@H](NC(=O)c3ccc(NCc4cnc5nc(N)[nH]c(=O)c5n4)cc3)C(=O)O)cc2)N(CCCCS(=O)(=O)[O-])c2ccccc21.O=S(=O)=O.O=S(=O)=O. The molecule has 2 aliphatic heterocycles. The summed E-state index contributed by atoms with van der Waals surface area (Å²) >= 11 is 0. The molecule has 26 nitrogen and oxygen atoms in total. The number of hydrogen-bond acceptors (Lipinski definition) is 21. The summed E-state index contributed by atoms with van der Waals surface area (Å²) in [5, 5.41) is 16.1. The third-order valence-electron chi connectivity index (χ3n) is 15.3. The standard InChI is InChI=1S/C61H67N9O11S2.2O3S/c1-60(2)46-16-5-7-18-49(46)69(32-9-11-34-82(75,76)77)51(60)30-24-40-14-13-15-41(25-31-52-61(3,4)47-17-6-8-19-50(47)70(52)33-10-12-35-83(78,79)80)54(40)81-45-28-20-39(21-29-45)36-48(58(73)74)66-56(71)42-22-26-43(27-23-42)63-37-44-38-64-55-53(65-44)57(72)68-59(62)67-55;2*1-4(2)3/h5-8,16-31,38,48H,9-15,32-37H2,1-4H3,(H7-,62,63,64,66,67,68,71,72,73,74,75,76,77,78,79,80);;/t48-;;/m1../s1. The molecule has 6 aromatic rings. The number of carboxylic acid groups (broad SMARTS) is 1. The normalized spacial score (nSPS) is 16.1. The zero-order chi connectivity index (χ0) is 66.4. The third-order valence-corrected chi connectivity index (χ3v) is 16.9. The van der Waals surface area contributed by atoms with Crippen molar-refractivity contribution >= 4 is 93.2 Å². The summed E-state index contributed by atoms with van der Waals surface area (Å²) < 4.78 is 127. The van der Waals surface area contributed by atoms with Crippen molar-refractivity contribution in [3.05, 3.63) is 188 Å². The number of carbonyl (C=O) groups excluding carboxylic acids is 1. The van der Waals surface area contributed by atoms with Crippen LogP contribution in [0.2, 0.25) is 0 Å². The molecule has 30 heteroatoms.